The third kappa shape index (κ3) is 3.13. The molecule has 98 valence electrons. The molecule has 0 radical (unpaired) electrons. The van der Waals surface area contributed by atoms with Gasteiger partial charge in [-0.3, -0.25) is 4.79 Å². The van der Waals surface area contributed by atoms with Crippen molar-refractivity contribution >= 4 is 29.1 Å². The van der Waals surface area contributed by atoms with E-state index in [0.29, 0.717) is 25.3 Å². The maximum Gasteiger partial charge on any atom is 0.254 e. The largest absolute Gasteiger partial charge is 0.372 e. The van der Waals surface area contributed by atoms with Crippen LogP contribution in [0.15, 0.2) is 12.1 Å². The smallest absolute Gasteiger partial charge is 0.254 e. The monoisotopic (exact) mass is 288 g/mol. The number of ether oxygens (including phenoxy) is 1. The van der Waals surface area contributed by atoms with Gasteiger partial charge in [0.1, 0.15) is 10.3 Å². The maximum absolute atomic E-state index is 12.3. The number of amides is 1. The van der Waals surface area contributed by atoms with Crippen LogP contribution in [0.25, 0.3) is 0 Å². The van der Waals surface area contributed by atoms with Gasteiger partial charge >= 0.3 is 0 Å². The van der Waals surface area contributed by atoms with Gasteiger partial charge in [0.25, 0.3) is 5.91 Å². The number of carbonyl (C=O) groups is 1. The average molecular weight is 289 g/mol. The topological polar surface area (TPSA) is 42.4 Å². The van der Waals surface area contributed by atoms with Crippen LogP contribution < -0.4 is 0 Å². The number of carbonyl (C=O) groups excluding carboxylic acids is 1. The molecule has 1 amide bonds. The summed E-state index contributed by atoms with van der Waals surface area (Å²) >= 11 is 11.6. The summed E-state index contributed by atoms with van der Waals surface area (Å²) in [5.41, 5.74) is 0.131. The summed E-state index contributed by atoms with van der Waals surface area (Å²) in [5.74, 6) is -0.0995. The van der Waals surface area contributed by atoms with E-state index in [2.05, 4.69) is 4.98 Å². The molecule has 1 aromatic rings. The van der Waals surface area contributed by atoms with E-state index < -0.39 is 0 Å². The standard InChI is InChI=1S/C12H14Cl2N2O2/c1-12(2)7-16(3-4-18-12)11(17)8-5-9(13)15-10(14)6-8/h5-6H,3-4,7H2,1-2H3. The van der Waals surface area contributed by atoms with Crippen LogP contribution in [-0.4, -0.2) is 41.1 Å². The molecule has 2 rings (SSSR count). The molecule has 0 saturated carbocycles. The predicted molar refractivity (Wildman–Crippen MR) is 70.2 cm³/mol. The summed E-state index contributed by atoms with van der Waals surface area (Å²) in [6.45, 7) is 5.56. The zero-order valence-corrected chi connectivity index (χ0v) is 11.8. The predicted octanol–water partition coefficient (Wildman–Crippen LogP) is 2.64. The van der Waals surface area contributed by atoms with Crippen molar-refractivity contribution in [3.05, 3.63) is 28.0 Å². The lowest BCUT2D eigenvalue weighted by molar-refractivity contribution is -0.0764. The first-order valence-corrected chi connectivity index (χ1v) is 6.39. The van der Waals surface area contributed by atoms with Crippen molar-refractivity contribution in [2.45, 2.75) is 19.4 Å². The molecule has 4 nitrogen and oxygen atoms in total. The first kappa shape index (κ1) is 13.6. The highest BCUT2D eigenvalue weighted by molar-refractivity contribution is 6.33. The lowest BCUT2D eigenvalue weighted by Crippen LogP contribution is -2.50. The van der Waals surface area contributed by atoms with E-state index in [0.717, 1.165) is 0 Å². The normalized spacial score (nSPS) is 18.8. The number of pyridine rings is 1. The van der Waals surface area contributed by atoms with Crippen molar-refractivity contribution in [3.63, 3.8) is 0 Å². The number of hydrogen-bond donors (Lipinski definition) is 0. The number of aromatic nitrogens is 1. The number of hydrogen-bond acceptors (Lipinski definition) is 3. The fourth-order valence-corrected chi connectivity index (χ4v) is 2.42. The fraction of sp³-hybridized carbons (Fsp3) is 0.500. The quantitative estimate of drug-likeness (QED) is 0.746. The van der Waals surface area contributed by atoms with E-state index in [1.165, 1.54) is 12.1 Å². The first-order valence-electron chi connectivity index (χ1n) is 5.64. The Bertz CT molecular complexity index is 457. The molecule has 1 fully saturated rings. The highest BCUT2D eigenvalue weighted by Crippen LogP contribution is 2.21. The molecule has 0 spiro atoms. The molecule has 1 aliphatic heterocycles. The van der Waals surface area contributed by atoms with Gasteiger partial charge in [0.2, 0.25) is 0 Å². The van der Waals surface area contributed by atoms with Crippen molar-refractivity contribution in [2.75, 3.05) is 19.7 Å². The van der Waals surface area contributed by atoms with E-state index in [4.69, 9.17) is 27.9 Å². The number of morpholine rings is 1. The molecule has 0 unspecified atom stereocenters. The molecule has 18 heavy (non-hydrogen) atoms. The van der Waals surface area contributed by atoms with Gasteiger partial charge in [0.05, 0.1) is 12.2 Å². The minimum atomic E-state index is -0.325. The van der Waals surface area contributed by atoms with E-state index in [1.54, 1.807) is 4.90 Å². The van der Waals surface area contributed by atoms with E-state index in [1.807, 2.05) is 13.8 Å². The molecule has 0 aliphatic carbocycles. The zero-order valence-electron chi connectivity index (χ0n) is 10.2. The number of nitrogens with zero attached hydrogens (tertiary/aromatic N) is 2. The molecule has 2 heterocycles. The van der Waals surface area contributed by atoms with Crippen LogP contribution in [0.4, 0.5) is 0 Å². The summed E-state index contributed by atoms with van der Waals surface area (Å²) in [4.78, 5) is 17.9. The maximum atomic E-state index is 12.3. The summed E-state index contributed by atoms with van der Waals surface area (Å²) in [6, 6.07) is 3.05. The molecule has 0 atom stereocenters. The van der Waals surface area contributed by atoms with E-state index >= 15 is 0 Å². The van der Waals surface area contributed by atoms with Crippen molar-refractivity contribution in [1.82, 2.24) is 9.88 Å². The molecule has 6 heteroatoms. The minimum Gasteiger partial charge on any atom is -0.372 e. The highest BCUT2D eigenvalue weighted by atomic mass is 35.5. The van der Waals surface area contributed by atoms with Gasteiger partial charge in [-0.1, -0.05) is 23.2 Å². The van der Waals surface area contributed by atoms with Gasteiger partial charge in [0.15, 0.2) is 0 Å². The van der Waals surface area contributed by atoms with Crippen molar-refractivity contribution in [3.8, 4) is 0 Å². The molecule has 1 aromatic heterocycles. The molecule has 1 aliphatic rings. The Morgan fingerprint density at radius 1 is 1.39 bits per heavy atom. The third-order valence-corrected chi connectivity index (χ3v) is 3.11. The molecular formula is C12H14Cl2N2O2. The number of rotatable bonds is 1. The second-order valence-corrected chi connectivity index (χ2v) is 5.61. The second kappa shape index (κ2) is 5.03. The summed E-state index contributed by atoms with van der Waals surface area (Å²) in [7, 11) is 0. The SMILES string of the molecule is CC1(C)CN(C(=O)c2cc(Cl)nc(Cl)c2)CCO1. The Labute approximate surface area is 116 Å². The Kier molecular flexibility index (Phi) is 3.80. The van der Waals surface area contributed by atoms with Gasteiger partial charge < -0.3 is 9.64 Å². The Morgan fingerprint density at radius 2 is 2.00 bits per heavy atom. The average Bonchev–Trinajstić information content (AvgIpc) is 2.25. The van der Waals surface area contributed by atoms with Crippen LogP contribution in [0.3, 0.4) is 0 Å². The van der Waals surface area contributed by atoms with Crippen LogP contribution in [0, 0.1) is 0 Å². The van der Waals surface area contributed by atoms with Crippen LogP contribution in [-0.2, 0) is 4.74 Å². The lowest BCUT2D eigenvalue weighted by Gasteiger charge is -2.38. The van der Waals surface area contributed by atoms with Crippen molar-refractivity contribution in [2.24, 2.45) is 0 Å². The Morgan fingerprint density at radius 3 is 2.56 bits per heavy atom. The Hall–Kier alpha value is -0.840. The van der Waals surface area contributed by atoms with E-state index in [-0.39, 0.29) is 21.8 Å². The van der Waals surface area contributed by atoms with Crippen molar-refractivity contribution in [1.29, 1.82) is 0 Å². The fourth-order valence-electron chi connectivity index (χ4n) is 1.96. The lowest BCUT2D eigenvalue weighted by atomic mass is 10.1. The van der Waals surface area contributed by atoms with Gasteiger partial charge in [-0.15, -0.1) is 0 Å². The van der Waals surface area contributed by atoms with E-state index in [9.17, 15) is 4.79 Å². The molecule has 0 bridgehead atoms. The highest BCUT2D eigenvalue weighted by Gasteiger charge is 2.30. The van der Waals surface area contributed by atoms with Crippen LogP contribution in [0.5, 0.6) is 0 Å². The second-order valence-electron chi connectivity index (χ2n) is 4.84. The van der Waals surface area contributed by atoms with Crippen LogP contribution in [0.1, 0.15) is 24.2 Å². The summed E-state index contributed by atoms with van der Waals surface area (Å²) < 4.78 is 5.57. The summed E-state index contributed by atoms with van der Waals surface area (Å²) in [6.07, 6.45) is 0. The zero-order chi connectivity index (χ0) is 13.3. The van der Waals surface area contributed by atoms with Gasteiger partial charge in [-0.05, 0) is 26.0 Å². The van der Waals surface area contributed by atoms with Gasteiger partial charge in [-0.25, -0.2) is 4.98 Å². The molecule has 0 aromatic carbocycles. The van der Waals surface area contributed by atoms with Gasteiger partial charge in [-0.2, -0.15) is 0 Å². The summed E-state index contributed by atoms with van der Waals surface area (Å²) in [5, 5.41) is 0.441. The third-order valence-electron chi connectivity index (χ3n) is 2.72. The van der Waals surface area contributed by atoms with Crippen LogP contribution >= 0.6 is 23.2 Å². The number of halogens is 2. The van der Waals surface area contributed by atoms with Gasteiger partial charge in [0, 0.05) is 18.7 Å². The molecule has 0 N–H and O–H groups in total. The van der Waals surface area contributed by atoms with Crippen LogP contribution in [0.2, 0.25) is 10.3 Å². The minimum absolute atomic E-state index is 0.0995. The first-order chi connectivity index (χ1) is 8.37. The molecule has 1 saturated heterocycles. The molecular weight excluding hydrogens is 275 g/mol. The van der Waals surface area contributed by atoms with Crippen molar-refractivity contribution < 1.29 is 9.53 Å². The Balaban J connectivity index is 2.20.